The SMILES string of the molecule is C=CC(=O)Oc1ccc(Oc2ccc(N(c3ccc(C)cc3)c3ccc(-c4ccccc4)cc3)cc2)cc1. The average molecular weight is 498 g/mol. The maximum absolute atomic E-state index is 11.4. The van der Waals surface area contributed by atoms with Crippen LogP contribution in [0.15, 0.2) is 140 Å². The summed E-state index contributed by atoms with van der Waals surface area (Å²) in [5.41, 5.74) is 6.72. The van der Waals surface area contributed by atoms with Crippen molar-refractivity contribution in [3.8, 4) is 28.4 Å². The van der Waals surface area contributed by atoms with Gasteiger partial charge in [0.15, 0.2) is 0 Å². The van der Waals surface area contributed by atoms with E-state index in [-0.39, 0.29) is 0 Å². The third-order valence-corrected chi connectivity index (χ3v) is 6.06. The van der Waals surface area contributed by atoms with Crippen LogP contribution < -0.4 is 14.4 Å². The van der Waals surface area contributed by atoms with E-state index in [9.17, 15) is 4.79 Å². The van der Waals surface area contributed by atoms with Crippen LogP contribution in [0.5, 0.6) is 17.2 Å². The number of carbonyl (C=O) groups excluding carboxylic acids is 1. The standard InChI is InChI=1S/C34H27NO3/c1-3-34(36)38-33-23-21-32(22-24-33)37-31-19-17-30(18-20-31)35(28-13-9-25(2)10-14-28)29-15-11-27(12-16-29)26-7-5-4-6-8-26/h3-24H,1H2,2H3. The minimum absolute atomic E-state index is 0.435. The second kappa shape index (κ2) is 11.3. The molecule has 5 rings (SSSR count). The lowest BCUT2D eigenvalue weighted by Crippen LogP contribution is -2.09. The molecule has 0 atom stereocenters. The zero-order chi connectivity index (χ0) is 26.3. The maximum atomic E-state index is 11.4. The first-order chi connectivity index (χ1) is 18.6. The van der Waals surface area contributed by atoms with Crippen molar-refractivity contribution in [1.29, 1.82) is 0 Å². The van der Waals surface area contributed by atoms with Crippen LogP contribution in [0.3, 0.4) is 0 Å². The summed E-state index contributed by atoms with van der Waals surface area (Å²) in [5, 5.41) is 0. The highest BCUT2D eigenvalue weighted by molar-refractivity contribution is 5.83. The molecule has 4 heteroatoms. The molecule has 0 aliphatic heterocycles. The van der Waals surface area contributed by atoms with Crippen molar-refractivity contribution in [2.75, 3.05) is 4.90 Å². The molecule has 0 N–H and O–H groups in total. The number of esters is 1. The molecule has 0 aromatic heterocycles. The quantitative estimate of drug-likeness (QED) is 0.122. The largest absolute Gasteiger partial charge is 0.457 e. The summed E-state index contributed by atoms with van der Waals surface area (Å²) < 4.78 is 11.1. The Hall–Kier alpha value is -5.09. The van der Waals surface area contributed by atoms with Gasteiger partial charge in [-0.3, -0.25) is 0 Å². The number of hydrogen-bond acceptors (Lipinski definition) is 4. The van der Waals surface area contributed by atoms with Crippen LogP contribution in [0.25, 0.3) is 11.1 Å². The number of ether oxygens (including phenoxy) is 2. The van der Waals surface area contributed by atoms with Gasteiger partial charge < -0.3 is 14.4 Å². The Morgan fingerprint density at radius 1 is 0.605 bits per heavy atom. The molecule has 5 aromatic rings. The molecule has 0 spiro atoms. The lowest BCUT2D eigenvalue weighted by Gasteiger charge is -2.26. The topological polar surface area (TPSA) is 38.8 Å². The number of benzene rings is 5. The molecule has 0 aliphatic carbocycles. The van der Waals surface area contributed by atoms with Gasteiger partial charge in [-0.15, -0.1) is 0 Å². The second-order valence-corrected chi connectivity index (χ2v) is 8.78. The third-order valence-electron chi connectivity index (χ3n) is 6.06. The van der Waals surface area contributed by atoms with E-state index in [0.717, 1.165) is 23.1 Å². The van der Waals surface area contributed by atoms with Crippen LogP contribution in [0, 0.1) is 6.92 Å². The summed E-state index contributed by atoms with van der Waals surface area (Å²) in [6.07, 6.45) is 1.13. The van der Waals surface area contributed by atoms with Crippen LogP contribution in [0.4, 0.5) is 17.1 Å². The van der Waals surface area contributed by atoms with E-state index >= 15 is 0 Å². The monoisotopic (exact) mass is 497 g/mol. The molecule has 0 amide bonds. The molecule has 0 saturated heterocycles. The highest BCUT2D eigenvalue weighted by atomic mass is 16.5. The van der Waals surface area contributed by atoms with Gasteiger partial charge in [-0.2, -0.15) is 0 Å². The zero-order valence-corrected chi connectivity index (χ0v) is 21.1. The van der Waals surface area contributed by atoms with Crippen molar-refractivity contribution in [3.05, 3.63) is 146 Å². The van der Waals surface area contributed by atoms with Crippen molar-refractivity contribution >= 4 is 23.0 Å². The first-order valence-electron chi connectivity index (χ1n) is 12.3. The molecular formula is C34H27NO3. The Morgan fingerprint density at radius 3 is 1.61 bits per heavy atom. The van der Waals surface area contributed by atoms with Gasteiger partial charge in [0.2, 0.25) is 0 Å². The highest BCUT2D eigenvalue weighted by Crippen LogP contribution is 2.37. The molecule has 0 bridgehead atoms. The number of aryl methyl sites for hydroxylation is 1. The van der Waals surface area contributed by atoms with Crippen LogP contribution >= 0.6 is 0 Å². The van der Waals surface area contributed by atoms with Gasteiger partial charge in [0.25, 0.3) is 0 Å². The smallest absolute Gasteiger partial charge is 0.335 e. The number of carbonyl (C=O) groups is 1. The summed E-state index contributed by atoms with van der Waals surface area (Å²) in [7, 11) is 0. The highest BCUT2D eigenvalue weighted by Gasteiger charge is 2.13. The molecule has 4 nitrogen and oxygen atoms in total. The first kappa shape index (κ1) is 24.6. The summed E-state index contributed by atoms with van der Waals surface area (Å²) >= 11 is 0. The Kier molecular flexibility index (Phi) is 7.32. The number of nitrogens with zero attached hydrogens (tertiary/aromatic N) is 1. The Balaban J connectivity index is 1.39. The predicted molar refractivity (Wildman–Crippen MR) is 154 cm³/mol. The second-order valence-electron chi connectivity index (χ2n) is 8.78. The van der Waals surface area contributed by atoms with Crippen LogP contribution in [0.2, 0.25) is 0 Å². The van der Waals surface area contributed by atoms with Gasteiger partial charge in [-0.05, 0) is 90.8 Å². The van der Waals surface area contributed by atoms with Gasteiger partial charge in [0, 0.05) is 23.1 Å². The molecule has 0 saturated carbocycles. The van der Waals surface area contributed by atoms with Crippen molar-refractivity contribution in [3.63, 3.8) is 0 Å². The minimum Gasteiger partial charge on any atom is -0.457 e. The predicted octanol–water partition coefficient (Wildman–Crippen LogP) is 9.02. The van der Waals surface area contributed by atoms with Crippen LogP contribution in [-0.4, -0.2) is 5.97 Å². The van der Waals surface area contributed by atoms with Gasteiger partial charge in [-0.1, -0.05) is 66.7 Å². The fourth-order valence-electron chi connectivity index (χ4n) is 4.11. The Morgan fingerprint density at radius 2 is 1.05 bits per heavy atom. The van der Waals surface area contributed by atoms with Crippen molar-refractivity contribution in [2.24, 2.45) is 0 Å². The van der Waals surface area contributed by atoms with Gasteiger partial charge in [0.05, 0.1) is 0 Å². The Labute approximate surface area is 223 Å². The lowest BCUT2D eigenvalue weighted by molar-refractivity contribution is -0.128. The van der Waals surface area contributed by atoms with E-state index in [1.807, 2.05) is 30.3 Å². The van der Waals surface area contributed by atoms with Gasteiger partial charge >= 0.3 is 5.97 Å². The molecule has 0 aliphatic rings. The van der Waals surface area contributed by atoms with E-state index in [1.54, 1.807) is 24.3 Å². The fraction of sp³-hybridized carbons (Fsp3) is 0.0294. The fourth-order valence-corrected chi connectivity index (χ4v) is 4.11. The molecule has 0 radical (unpaired) electrons. The number of hydrogen-bond donors (Lipinski definition) is 0. The molecule has 0 unspecified atom stereocenters. The molecule has 186 valence electrons. The molecule has 0 fully saturated rings. The zero-order valence-electron chi connectivity index (χ0n) is 21.1. The van der Waals surface area contributed by atoms with Crippen LogP contribution in [-0.2, 0) is 4.79 Å². The van der Waals surface area contributed by atoms with Gasteiger partial charge in [-0.25, -0.2) is 4.79 Å². The average Bonchev–Trinajstić information content (AvgIpc) is 2.97. The Bertz CT molecular complexity index is 1510. The number of anilines is 3. The third kappa shape index (κ3) is 5.82. The molecule has 5 aromatic carbocycles. The normalized spacial score (nSPS) is 10.4. The van der Waals surface area contributed by atoms with Crippen molar-refractivity contribution in [1.82, 2.24) is 0 Å². The van der Waals surface area contributed by atoms with E-state index in [2.05, 4.69) is 91.2 Å². The summed E-state index contributed by atoms with van der Waals surface area (Å²) in [5.74, 6) is 1.28. The maximum Gasteiger partial charge on any atom is 0.335 e. The summed E-state index contributed by atoms with van der Waals surface area (Å²) in [6, 6.07) is 42.3. The lowest BCUT2D eigenvalue weighted by atomic mass is 10.0. The summed E-state index contributed by atoms with van der Waals surface area (Å²) in [4.78, 5) is 13.6. The molecule has 0 heterocycles. The first-order valence-corrected chi connectivity index (χ1v) is 12.3. The molecule has 38 heavy (non-hydrogen) atoms. The van der Waals surface area contributed by atoms with Crippen molar-refractivity contribution in [2.45, 2.75) is 6.92 Å². The van der Waals surface area contributed by atoms with E-state index in [4.69, 9.17) is 9.47 Å². The van der Waals surface area contributed by atoms with E-state index in [1.165, 1.54) is 16.7 Å². The molecular weight excluding hydrogens is 470 g/mol. The number of rotatable bonds is 8. The van der Waals surface area contributed by atoms with Gasteiger partial charge in [0.1, 0.15) is 17.2 Å². The van der Waals surface area contributed by atoms with E-state index < -0.39 is 5.97 Å². The van der Waals surface area contributed by atoms with Crippen molar-refractivity contribution < 1.29 is 14.3 Å². The van der Waals surface area contributed by atoms with E-state index in [0.29, 0.717) is 17.2 Å². The summed E-state index contributed by atoms with van der Waals surface area (Å²) in [6.45, 7) is 5.49. The van der Waals surface area contributed by atoms with Crippen LogP contribution in [0.1, 0.15) is 5.56 Å². The minimum atomic E-state index is -0.498.